The fraction of sp³-hybridized carbons (Fsp3) is 0.683. The fourth-order valence-corrected chi connectivity index (χ4v) is 6.01. The second kappa shape index (κ2) is 34.6. The molecule has 2 atom stereocenters. The molecule has 7 heteroatoms. The van der Waals surface area contributed by atoms with Gasteiger partial charge in [-0.1, -0.05) is 157 Å². The number of aliphatic hydroxyl groups excluding tert-OH is 1. The van der Waals surface area contributed by atoms with Crippen molar-refractivity contribution >= 4 is 16.0 Å². The highest BCUT2D eigenvalue weighted by atomic mass is 32.2. The molecule has 0 aliphatic heterocycles. The Morgan fingerprint density at radius 3 is 1.56 bits per heavy atom. The maximum Gasteiger partial charge on any atom is 0.267 e. The number of nitrogens with one attached hydrogen (secondary N) is 1. The Morgan fingerprint density at radius 1 is 0.583 bits per heavy atom. The zero-order valence-electron chi connectivity index (χ0n) is 30.6. The molecule has 0 saturated carbocycles. The molecule has 0 aliphatic rings. The Balaban J connectivity index is 4.05. The molecule has 6 nitrogen and oxygen atoms in total. The smallest absolute Gasteiger partial charge is 0.267 e. The van der Waals surface area contributed by atoms with Gasteiger partial charge in [-0.25, -0.2) is 0 Å². The molecule has 0 spiro atoms. The van der Waals surface area contributed by atoms with E-state index in [0.717, 1.165) is 77.0 Å². The highest BCUT2D eigenvalue weighted by Gasteiger charge is 2.24. The largest absolute Gasteiger partial charge is 0.387 e. The van der Waals surface area contributed by atoms with Gasteiger partial charge in [-0.3, -0.25) is 9.35 Å². The van der Waals surface area contributed by atoms with Crippen molar-refractivity contribution < 1.29 is 22.9 Å². The van der Waals surface area contributed by atoms with Gasteiger partial charge in [0.25, 0.3) is 10.1 Å². The molecular formula is C41H71NO5S. The Kier molecular flexibility index (Phi) is 33.0. The number of carbonyl (C=O) groups is 1. The van der Waals surface area contributed by atoms with Crippen LogP contribution < -0.4 is 5.32 Å². The number of hydrogen-bond donors (Lipinski definition) is 3. The second-order valence-electron chi connectivity index (χ2n) is 12.8. The molecule has 276 valence electrons. The van der Waals surface area contributed by atoms with Crippen molar-refractivity contribution in [3.05, 3.63) is 72.9 Å². The number of hydrogen-bond acceptors (Lipinski definition) is 4. The number of carbonyl (C=O) groups excluding carboxylic acids is 1. The monoisotopic (exact) mass is 690 g/mol. The lowest BCUT2D eigenvalue weighted by Gasteiger charge is -2.21. The Hall–Kier alpha value is -2.22. The summed E-state index contributed by atoms with van der Waals surface area (Å²) in [6.45, 7) is 4.39. The molecule has 1 amide bonds. The second-order valence-corrected chi connectivity index (χ2v) is 14.3. The molecule has 0 aromatic rings. The van der Waals surface area contributed by atoms with E-state index in [0.29, 0.717) is 12.8 Å². The van der Waals surface area contributed by atoms with Crippen molar-refractivity contribution in [2.75, 3.05) is 5.75 Å². The molecule has 3 N–H and O–H groups in total. The lowest BCUT2D eigenvalue weighted by atomic mass is 10.1. The maximum atomic E-state index is 12.5. The summed E-state index contributed by atoms with van der Waals surface area (Å²) in [7, 11) is -4.36. The van der Waals surface area contributed by atoms with Crippen LogP contribution in [0.2, 0.25) is 0 Å². The van der Waals surface area contributed by atoms with Crippen molar-refractivity contribution in [2.24, 2.45) is 0 Å². The zero-order valence-corrected chi connectivity index (χ0v) is 31.4. The van der Waals surface area contributed by atoms with Crippen LogP contribution in [0.1, 0.15) is 162 Å². The van der Waals surface area contributed by atoms with Gasteiger partial charge in [-0.05, 0) is 70.6 Å². The van der Waals surface area contributed by atoms with Crippen LogP contribution in [0.5, 0.6) is 0 Å². The van der Waals surface area contributed by atoms with Crippen LogP contribution in [-0.4, -0.2) is 41.9 Å². The van der Waals surface area contributed by atoms with E-state index in [9.17, 15) is 22.9 Å². The topological polar surface area (TPSA) is 104 Å². The van der Waals surface area contributed by atoms with Crippen LogP contribution in [0.25, 0.3) is 0 Å². The van der Waals surface area contributed by atoms with E-state index in [-0.39, 0.29) is 12.3 Å². The average Bonchev–Trinajstić information content (AvgIpc) is 3.05. The van der Waals surface area contributed by atoms with Gasteiger partial charge in [0.2, 0.25) is 5.91 Å². The summed E-state index contributed by atoms with van der Waals surface area (Å²) in [5, 5.41) is 13.2. The first kappa shape index (κ1) is 45.8. The van der Waals surface area contributed by atoms with Crippen molar-refractivity contribution in [3.63, 3.8) is 0 Å². The molecule has 0 radical (unpaired) electrons. The number of allylic oxidation sites excluding steroid dienone is 11. The third-order valence-corrected chi connectivity index (χ3v) is 8.90. The SMILES string of the molecule is CC/C=C\C/C=C\C/C=C\C/C=C\CCCCCCCCC(=O)NC(CS(=O)(=O)O)C(O)/C=C/CC/C=C/CCCCCCCCCC. The zero-order chi connectivity index (χ0) is 35.4. The van der Waals surface area contributed by atoms with Crippen molar-refractivity contribution in [1.82, 2.24) is 5.32 Å². The van der Waals surface area contributed by atoms with Crippen LogP contribution in [-0.2, 0) is 14.9 Å². The summed E-state index contributed by atoms with van der Waals surface area (Å²) in [5.41, 5.74) is 0. The molecule has 0 bridgehead atoms. The summed E-state index contributed by atoms with van der Waals surface area (Å²) in [4.78, 5) is 12.5. The first-order valence-corrected chi connectivity index (χ1v) is 20.7. The highest BCUT2D eigenvalue weighted by Crippen LogP contribution is 2.12. The van der Waals surface area contributed by atoms with E-state index in [2.05, 4.69) is 79.9 Å². The predicted octanol–water partition coefficient (Wildman–Crippen LogP) is 11.1. The molecule has 2 unspecified atom stereocenters. The average molecular weight is 690 g/mol. The standard InChI is InChI=1S/C41H71NO5S/c1-3-5-7-9-11-13-15-17-19-20-21-22-23-25-27-29-31-33-35-37-41(44)42-39(38-48(45,46)47)40(43)36-34-32-30-28-26-24-18-16-14-12-10-8-6-4-2/h5,7,11,13,17,19,21-22,26,28,34,36,39-40,43H,3-4,6,8-10,12,14-16,18,20,23-25,27,29-33,35,37-38H2,1-2H3,(H,42,44)(H,45,46,47)/b7-5-,13-11-,19-17-,22-21-,28-26+,36-34+. The minimum absolute atomic E-state index is 0.268. The van der Waals surface area contributed by atoms with Crippen LogP contribution in [0.4, 0.5) is 0 Å². The van der Waals surface area contributed by atoms with Crippen LogP contribution in [0.3, 0.4) is 0 Å². The predicted molar refractivity (Wildman–Crippen MR) is 207 cm³/mol. The Morgan fingerprint density at radius 2 is 1.02 bits per heavy atom. The Labute approximate surface area is 295 Å². The third kappa shape index (κ3) is 35.1. The maximum absolute atomic E-state index is 12.5. The quantitative estimate of drug-likeness (QED) is 0.0361. The van der Waals surface area contributed by atoms with Gasteiger partial charge in [-0.15, -0.1) is 0 Å². The summed E-state index contributed by atoms with van der Waals surface area (Å²) in [6, 6.07) is -1.08. The molecule has 0 saturated heterocycles. The molecule has 48 heavy (non-hydrogen) atoms. The van der Waals surface area contributed by atoms with Crippen molar-refractivity contribution in [3.8, 4) is 0 Å². The van der Waals surface area contributed by atoms with E-state index >= 15 is 0 Å². The van der Waals surface area contributed by atoms with Gasteiger partial charge < -0.3 is 10.4 Å². The summed E-state index contributed by atoms with van der Waals surface area (Å²) in [5.74, 6) is -1.03. The van der Waals surface area contributed by atoms with E-state index in [1.165, 1.54) is 57.4 Å². The van der Waals surface area contributed by atoms with Crippen LogP contribution in [0.15, 0.2) is 72.9 Å². The van der Waals surface area contributed by atoms with E-state index in [1.54, 1.807) is 6.08 Å². The number of aliphatic hydroxyl groups is 1. The fourth-order valence-electron chi connectivity index (χ4n) is 5.28. The van der Waals surface area contributed by atoms with Gasteiger partial charge in [0, 0.05) is 6.42 Å². The number of unbranched alkanes of at least 4 members (excludes halogenated alkanes) is 15. The molecule has 0 aromatic heterocycles. The van der Waals surface area contributed by atoms with E-state index in [4.69, 9.17) is 0 Å². The highest BCUT2D eigenvalue weighted by molar-refractivity contribution is 7.85. The minimum atomic E-state index is -4.36. The normalized spacial score (nSPS) is 14.2. The summed E-state index contributed by atoms with van der Waals surface area (Å²) < 4.78 is 32.4. The van der Waals surface area contributed by atoms with Gasteiger partial charge in [0.05, 0.1) is 17.9 Å². The third-order valence-electron chi connectivity index (χ3n) is 8.12. The van der Waals surface area contributed by atoms with Crippen molar-refractivity contribution in [1.29, 1.82) is 0 Å². The first-order valence-electron chi connectivity index (χ1n) is 19.1. The minimum Gasteiger partial charge on any atom is -0.387 e. The molecule has 0 aromatic carbocycles. The lowest BCUT2D eigenvalue weighted by molar-refractivity contribution is -0.122. The van der Waals surface area contributed by atoms with Gasteiger partial charge in [0.15, 0.2) is 0 Å². The summed E-state index contributed by atoms with van der Waals surface area (Å²) >= 11 is 0. The van der Waals surface area contributed by atoms with Gasteiger partial charge >= 0.3 is 0 Å². The molecule has 0 aliphatic carbocycles. The number of rotatable bonds is 33. The molecule has 0 rings (SSSR count). The van der Waals surface area contributed by atoms with Crippen LogP contribution >= 0.6 is 0 Å². The van der Waals surface area contributed by atoms with Crippen molar-refractivity contribution in [2.45, 2.75) is 174 Å². The molecule has 0 fully saturated rings. The first-order chi connectivity index (χ1) is 23.3. The Bertz CT molecular complexity index is 1030. The number of amides is 1. The van der Waals surface area contributed by atoms with E-state index in [1.807, 2.05) is 0 Å². The van der Waals surface area contributed by atoms with E-state index < -0.39 is 28.0 Å². The molecule has 0 heterocycles. The summed E-state index contributed by atoms with van der Waals surface area (Å²) in [6.07, 6.45) is 48.8. The van der Waals surface area contributed by atoms with Gasteiger partial charge in [-0.2, -0.15) is 8.42 Å². The van der Waals surface area contributed by atoms with Gasteiger partial charge in [0.1, 0.15) is 0 Å². The lowest BCUT2D eigenvalue weighted by Crippen LogP contribution is -2.46. The van der Waals surface area contributed by atoms with Crippen LogP contribution in [0, 0.1) is 0 Å². The molecular weight excluding hydrogens is 619 g/mol.